The Labute approximate surface area is 162 Å². The molecule has 0 aliphatic heterocycles. The van der Waals surface area contributed by atoms with Gasteiger partial charge >= 0.3 is 0 Å². The lowest BCUT2D eigenvalue weighted by Crippen LogP contribution is -2.23. The number of nitrogens with one attached hydrogen (secondary N) is 1. The number of rotatable bonds is 4. The summed E-state index contributed by atoms with van der Waals surface area (Å²) in [7, 11) is -0.779. The van der Waals surface area contributed by atoms with E-state index in [4.69, 9.17) is 11.6 Å². The number of nitrogens with zero attached hydrogens (tertiary/aromatic N) is 2. The second-order valence-electron chi connectivity index (χ2n) is 6.62. The van der Waals surface area contributed by atoms with Gasteiger partial charge in [0.15, 0.2) is 5.13 Å². The van der Waals surface area contributed by atoms with Crippen LogP contribution in [0, 0.1) is 5.92 Å². The maximum Gasteiger partial charge on any atom is 0.259 e. The molecule has 1 heterocycles. The molecule has 6 nitrogen and oxygen atoms in total. The summed E-state index contributed by atoms with van der Waals surface area (Å²) in [5.41, 5.74) is 1.15. The molecule has 0 saturated heterocycles. The summed E-state index contributed by atoms with van der Waals surface area (Å²) in [6.45, 7) is 2.21. The predicted octanol–water partition coefficient (Wildman–Crippen LogP) is 3.42. The van der Waals surface area contributed by atoms with Crippen LogP contribution in [0.1, 0.15) is 34.3 Å². The van der Waals surface area contributed by atoms with Crippen molar-refractivity contribution in [2.24, 2.45) is 5.92 Å². The number of aryl methyl sites for hydroxylation is 1. The molecular formula is C17H20ClN3O3S2. The van der Waals surface area contributed by atoms with Gasteiger partial charge in [0.2, 0.25) is 10.0 Å². The Morgan fingerprint density at radius 2 is 2.12 bits per heavy atom. The number of sulfonamides is 1. The highest BCUT2D eigenvalue weighted by atomic mass is 35.5. The van der Waals surface area contributed by atoms with E-state index in [0.717, 1.165) is 29.3 Å². The summed E-state index contributed by atoms with van der Waals surface area (Å²) in [6, 6.07) is 4.10. The second kappa shape index (κ2) is 7.26. The van der Waals surface area contributed by atoms with Crippen molar-refractivity contribution < 1.29 is 13.2 Å². The molecule has 140 valence electrons. The van der Waals surface area contributed by atoms with Gasteiger partial charge < -0.3 is 0 Å². The smallest absolute Gasteiger partial charge is 0.259 e. The average molecular weight is 414 g/mol. The highest BCUT2D eigenvalue weighted by Crippen LogP contribution is 2.32. The zero-order valence-corrected chi connectivity index (χ0v) is 17.1. The van der Waals surface area contributed by atoms with Crippen LogP contribution in [0.5, 0.6) is 0 Å². The topological polar surface area (TPSA) is 79.4 Å². The number of halogens is 1. The van der Waals surface area contributed by atoms with Crippen LogP contribution in [0.25, 0.3) is 0 Å². The molecule has 0 saturated carbocycles. The van der Waals surface area contributed by atoms with E-state index in [9.17, 15) is 13.2 Å². The number of hydrogen-bond donors (Lipinski definition) is 1. The Hall–Kier alpha value is -1.48. The number of anilines is 1. The molecule has 1 aliphatic carbocycles. The highest BCUT2D eigenvalue weighted by molar-refractivity contribution is 7.89. The Morgan fingerprint density at radius 1 is 1.38 bits per heavy atom. The first kappa shape index (κ1) is 19.3. The summed E-state index contributed by atoms with van der Waals surface area (Å²) in [6.07, 6.45) is 2.99. The van der Waals surface area contributed by atoms with Crippen LogP contribution in [0.3, 0.4) is 0 Å². The van der Waals surface area contributed by atoms with Crippen LogP contribution in [0.15, 0.2) is 23.1 Å². The lowest BCUT2D eigenvalue weighted by Gasteiger charge is -2.15. The van der Waals surface area contributed by atoms with E-state index in [1.165, 1.54) is 48.5 Å². The molecule has 0 spiro atoms. The fourth-order valence-electron chi connectivity index (χ4n) is 2.81. The van der Waals surface area contributed by atoms with Gasteiger partial charge in [0.25, 0.3) is 5.91 Å². The molecular weight excluding hydrogens is 394 g/mol. The largest absolute Gasteiger partial charge is 0.298 e. The minimum absolute atomic E-state index is 0.0179. The molecule has 26 heavy (non-hydrogen) atoms. The Bertz CT molecular complexity index is 954. The van der Waals surface area contributed by atoms with Crippen molar-refractivity contribution in [2.75, 3.05) is 19.4 Å². The van der Waals surface area contributed by atoms with E-state index < -0.39 is 15.9 Å². The predicted molar refractivity (Wildman–Crippen MR) is 104 cm³/mol. The van der Waals surface area contributed by atoms with Crippen LogP contribution < -0.4 is 5.32 Å². The number of aromatic nitrogens is 1. The van der Waals surface area contributed by atoms with Gasteiger partial charge in [-0.1, -0.05) is 18.5 Å². The van der Waals surface area contributed by atoms with E-state index >= 15 is 0 Å². The number of fused-ring (bicyclic) bond motifs is 1. The Morgan fingerprint density at radius 3 is 2.81 bits per heavy atom. The minimum Gasteiger partial charge on any atom is -0.298 e. The monoisotopic (exact) mass is 413 g/mol. The molecule has 1 amide bonds. The maximum atomic E-state index is 12.6. The van der Waals surface area contributed by atoms with Crippen LogP contribution in [-0.4, -0.2) is 37.7 Å². The third kappa shape index (κ3) is 3.78. The van der Waals surface area contributed by atoms with Crippen molar-refractivity contribution in [1.29, 1.82) is 0 Å². The molecule has 9 heteroatoms. The van der Waals surface area contributed by atoms with E-state index in [0.29, 0.717) is 11.0 Å². The number of carbonyl (C=O) groups is 1. The molecule has 0 bridgehead atoms. The van der Waals surface area contributed by atoms with Crippen molar-refractivity contribution in [1.82, 2.24) is 9.29 Å². The summed E-state index contributed by atoms with van der Waals surface area (Å²) in [4.78, 5) is 18.3. The van der Waals surface area contributed by atoms with Crippen LogP contribution in [0.4, 0.5) is 5.13 Å². The fraction of sp³-hybridized carbons (Fsp3) is 0.412. The second-order valence-corrected chi connectivity index (χ2v) is 10.3. The van der Waals surface area contributed by atoms with Gasteiger partial charge in [0.1, 0.15) is 0 Å². The number of hydrogen-bond acceptors (Lipinski definition) is 5. The van der Waals surface area contributed by atoms with Crippen molar-refractivity contribution in [2.45, 2.75) is 31.1 Å². The zero-order valence-electron chi connectivity index (χ0n) is 14.7. The van der Waals surface area contributed by atoms with Gasteiger partial charge in [-0.05, 0) is 43.4 Å². The van der Waals surface area contributed by atoms with Crippen molar-refractivity contribution >= 4 is 44.0 Å². The molecule has 1 aromatic heterocycles. The number of benzene rings is 1. The van der Waals surface area contributed by atoms with E-state index in [2.05, 4.69) is 17.2 Å². The van der Waals surface area contributed by atoms with E-state index in [1.54, 1.807) is 0 Å². The van der Waals surface area contributed by atoms with Gasteiger partial charge in [-0.3, -0.25) is 10.1 Å². The van der Waals surface area contributed by atoms with E-state index in [1.807, 2.05) is 0 Å². The molecule has 0 radical (unpaired) electrons. The quantitative estimate of drug-likeness (QED) is 0.832. The Balaban J connectivity index is 1.86. The molecule has 3 rings (SSSR count). The van der Waals surface area contributed by atoms with Gasteiger partial charge in [-0.2, -0.15) is 0 Å². The first-order valence-electron chi connectivity index (χ1n) is 8.20. The van der Waals surface area contributed by atoms with Gasteiger partial charge in [-0.25, -0.2) is 17.7 Å². The average Bonchev–Trinajstić information content (AvgIpc) is 2.95. The third-order valence-corrected chi connectivity index (χ3v) is 7.54. The Kier molecular flexibility index (Phi) is 5.39. The van der Waals surface area contributed by atoms with E-state index in [-0.39, 0.29) is 15.5 Å². The fourth-order valence-corrected chi connectivity index (χ4v) is 5.11. The molecule has 1 atom stereocenters. The lowest BCUT2D eigenvalue weighted by molar-refractivity contribution is 0.102. The molecule has 1 N–H and O–H groups in total. The summed E-state index contributed by atoms with van der Waals surface area (Å²) in [5, 5.41) is 3.46. The number of carbonyl (C=O) groups excluding carboxylic acids is 1. The van der Waals surface area contributed by atoms with Crippen molar-refractivity contribution in [3.63, 3.8) is 0 Å². The van der Waals surface area contributed by atoms with Crippen LogP contribution in [0.2, 0.25) is 5.02 Å². The van der Waals surface area contributed by atoms with Crippen LogP contribution in [-0.2, 0) is 22.9 Å². The highest BCUT2D eigenvalue weighted by Gasteiger charge is 2.23. The number of thiazole rings is 1. The first-order valence-corrected chi connectivity index (χ1v) is 10.8. The molecule has 2 aromatic rings. The molecule has 1 aromatic carbocycles. The lowest BCUT2D eigenvalue weighted by atomic mass is 9.93. The van der Waals surface area contributed by atoms with Gasteiger partial charge in [-0.15, -0.1) is 11.3 Å². The first-order chi connectivity index (χ1) is 12.2. The van der Waals surface area contributed by atoms with Crippen LogP contribution >= 0.6 is 22.9 Å². The third-order valence-electron chi connectivity index (χ3n) is 4.37. The summed E-state index contributed by atoms with van der Waals surface area (Å²) >= 11 is 7.59. The minimum atomic E-state index is -3.65. The summed E-state index contributed by atoms with van der Waals surface area (Å²) in [5.74, 6) is 0.152. The SMILES string of the molecule is C[C@H]1CCc2nc(NC(=O)c3cc(S(=O)(=O)N(C)C)ccc3Cl)sc2C1. The van der Waals surface area contributed by atoms with Gasteiger partial charge in [0, 0.05) is 19.0 Å². The normalized spacial score (nSPS) is 17.2. The molecule has 1 aliphatic rings. The maximum absolute atomic E-state index is 12.6. The van der Waals surface area contributed by atoms with Crippen molar-refractivity contribution in [3.8, 4) is 0 Å². The van der Waals surface area contributed by atoms with Crippen molar-refractivity contribution in [3.05, 3.63) is 39.4 Å². The molecule has 0 unspecified atom stereocenters. The number of amides is 1. The molecule has 0 fully saturated rings. The van der Waals surface area contributed by atoms with Gasteiger partial charge in [0.05, 0.1) is 21.2 Å². The summed E-state index contributed by atoms with van der Waals surface area (Å²) < 4.78 is 25.7. The zero-order chi connectivity index (χ0) is 19.1. The standard InChI is InChI=1S/C17H20ClN3O3S2/c1-10-4-7-14-15(8-10)25-17(19-14)20-16(22)12-9-11(5-6-13(12)18)26(23,24)21(2)3/h5-6,9-10H,4,7-8H2,1-3H3,(H,19,20,22)/t10-/m0/s1.